The van der Waals surface area contributed by atoms with Gasteiger partial charge in [-0.15, -0.1) is 11.3 Å². The Labute approximate surface area is 200 Å². The standard InChI is InChI=1S/C24H24N6O3S/c1-30-13-27-23(29-30)17-4-3-5-19(22(17)33-2)28-20-8-15(9-21(32)14-6-7-14)25-11-18(20)24-26-10-16(12-31)34-24/h3-5,8,10-11,13-14,31H,6-7,9,12H2,1-2H3,(H,25,28). The fraction of sp³-hybridized carbons (Fsp3) is 0.292. The van der Waals surface area contributed by atoms with Crippen molar-refractivity contribution in [3.05, 3.63) is 53.6 Å². The number of carbonyl (C=O) groups excluding carboxylic acids is 1. The molecule has 0 spiro atoms. The number of pyridine rings is 1. The molecule has 0 bridgehead atoms. The Hall–Kier alpha value is -3.63. The first kappa shape index (κ1) is 22.2. The van der Waals surface area contributed by atoms with E-state index in [1.165, 1.54) is 11.3 Å². The van der Waals surface area contributed by atoms with Gasteiger partial charge < -0.3 is 15.2 Å². The van der Waals surface area contributed by atoms with E-state index >= 15 is 0 Å². The molecule has 0 amide bonds. The van der Waals surface area contributed by atoms with Crippen molar-refractivity contribution in [1.29, 1.82) is 0 Å². The number of benzene rings is 1. The molecule has 0 unspecified atom stereocenters. The van der Waals surface area contributed by atoms with Crippen molar-refractivity contribution in [2.24, 2.45) is 13.0 Å². The van der Waals surface area contributed by atoms with E-state index in [9.17, 15) is 9.90 Å². The van der Waals surface area contributed by atoms with Crippen LogP contribution in [0.25, 0.3) is 22.0 Å². The normalized spacial score (nSPS) is 13.1. The number of carbonyl (C=O) groups is 1. The van der Waals surface area contributed by atoms with Crippen molar-refractivity contribution >= 4 is 28.5 Å². The van der Waals surface area contributed by atoms with E-state index in [0.29, 0.717) is 23.7 Å². The number of rotatable bonds is 9. The number of anilines is 2. The highest BCUT2D eigenvalue weighted by Gasteiger charge is 2.29. The van der Waals surface area contributed by atoms with Gasteiger partial charge in [0.15, 0.2) is 11.6 Å². The molecular formula is C24H24N6O3S. The number of hydrogen-bond donors (Lipinski definition) is 2. The summed E-state index contributed by atoms with van der Waals surface area (Å²) in [5, 5.41) is 18.1. The number of aryl methyl sites for hydroxylation is 1. The molecule has 34 heavy (non-hydrogen) atoms. The van der Waals surface area contributed by atoms with E-state index in [4.69, 9.17) is 4.74 Å². The molecule has 0 atom stereocenters. The third kappa shape index (κ3) is 4.55. The number of thiazole rings is 1. The summed E-state index contributed by atoms with van der Waals surface area (Å²) in [5.74, 6) is 1.55. The quantitative estimate of drug-likeness (QED) is 0.375. The topological polar surface area (TPSA) is 115 Å². The molecule has 1 aromatic carbocycles. The Morgan fingerprint density at radius 1 is 1.21 bits per heavy atom. The van der Waals surface area contributed by atoms with Gasteiger partial charge in [-0.1, -0.05) is 6.07 Å². The van der Waals surface area contributed by atoms with Gasteiger partial charge in [-0.3, -0.25) is 14.5 Å². The summed E-state index contributed by atoms with van der Waals surface area (Å²) in [6.07, 6.45) is 7.26. The van der Waals surface area contributed by atoms with Crippen LogP contribution in [0, 0.1) is 5.92 Å². The first-order chi connectivity index (χ1) is 16.6. The zero-order valence-corrected chi connectivity index (χ0v) is 19.7. The van der Waals surface area contributed by atoms with Crippen molar-refractivity contribution in [2.45, 2.75) is 25.9 Å². The zero-order chi connectivity index (χ0) is 23.7. The SMILES string of the molecule is COc1c(Nc2cc(CC(=O)C3CC3)ncc2-c2ncc(CO)s2)cccc1-c1ncn(C)n1. The second-order valence-electron chi connectivity index (χ2n) is 8.18. The van der Waals surface area contributed by atoms with Gasteiger partial charge in [0.25, 0.3) is 0 Å². The lowest BCUT2D eigenvalue weighted by atomic mass is 10.1. The minimum absolute atomic E-state index is 0.0746. The minimum atomic E-state index is -0.0746. The lowest BCUT2D eigenvalue weighted by Crippen LogP contribution is -2.07. The molecule has 9 nitrogen and oxygen atoms in total. The number of aromatic nitrogens is 5. The maximum Gasteiger partial charge on any atom is 0.184 e. The fourth-order valence-corrected chi connectivity index (χ4v) is 4.54. The Morgan fingerprint density at radius 3 is 2.74 bits per heavy atom. The maximum absolute atomic E-state index is 12.4. The van der Waals surface area contributed by atoms with Gasteiger partial charge in [-0.05, 0) is 31.0 Å². The first-order valence-corrected chi connectivity index (χ1v) is 11.7. The molecule has 4 aromatic rings. The summed E-state index contributed by atoms with van der Waals surface area (Å²) < 4.78 is 7.39. The van der Waals surface area contributed by atoms with Crippen molar-refractivity contribution in [1.82, 2.24) is 24.7 Å². The highest BCUT2D eigenvalue weighted by atomic mass is 32.1. The van der Waals surface area contributed by atoms with Crippen molar-refractivity contribution < 1.29 is 14.6 Å². The predicted molar refractivity (Wildman–Crippen MR) is 129 cm³/mol. The van der Waals surface area contributed by atoms with Gasteiger partial charge in [-0.25, -0.2) is 9.97 Å². The molecule has 10 heteroatoms. The molecule has 1 aliphatic carbocycles. The summed E-state index contributed by atoms with van der Waals surface area (Å²) in [5.41, 5.74) is 3.69. The summed E-state index contributed by atoms with van der Waals surface area (Å²) >= 11 is 1.40. The highest BCUT2D eigenvalue weighted by Crippen LogP contribution is 2.40. The number of nitrogens with zero attached hydrogens (tertiary/aromatic N) is 5. The number of ketones is 1. The second kappa shape index (κ2) is 9.32. The van der Waals surface area contributed by atoms with E-state index in [1.807, 2.05) is 31.3 Å². The molecule has 1 saturated carbocycles. The number of ether oxygens (including phenoxy) is 1. The van der Waals surface area contributed by atoms with E-state index < -0.39 is 0 Å². The number of hydrogen-bond acceptors (Lipinski definition) is 9. The van der Waals surface area contributed by atoms with Crippen LogP contribution in [0.1, 0.15) is 23.4 Å². The van der Waals surface area contributed by atoms with E-state index in [2.05, 4.69) is 25.4 Å². The number of aliphatic hydroxyl groups is 1. The summed E-state index contributed by atoms with van der Waals surface area (Å²) in [6.45, 7) is -0.0746. The zero-order valence-electron chi connectivity index (χ0n) is 18.9. The summed E-state index contributed by atoms with van der Waals surface area (Å²) in [4.78, 5) is 26.5. The van der Waals surface area contributed by atoms with Crippen LogP contribution < -0.4 is 10.1 Å². The van der Waals surface area contributed by atoms with Crippen LogP contribution in [-0.4, -0.2) is 42.7 Å². The van der Waals surface area contributed by atoms with E-state index in [1.54, 1.807) is 30.5 Å². The molecule has 0 saturated heterocycles. The third-order valence-corrected chi connectivity index (χ3v) is 6.63. The van der Waals surface area contributed by atoms with Crippen molar-refractivity contribution in [3.63, 3.8) is 0 Å². The van der Waals surface area contributed by atoms with Crippen LogP contribution in [0.3, 0.4) is 0 Å². The van der Waals surface area contributed by atoms with Crippen molar-refractivity contribution in [2.75, 3.05) is 12.4 Å². The minimum Gasteiger partial charge on any atom is -0.494 e. The maximum atomic E-state index is 12.4. The molecule has 3 aromatic heterocycles. The smallest absolute Gasteiger partial charge is 0.184 e. The molecular weight excluding hydrogens is 452 g/mol. The largest absolute Gasteiger partial charge is 0.494 e. The van der Waals surface area contributed by atoms with Crippen molar-refractivity contribution in [3.8, 4) is 27.7 Å². The number of Topliss-reactive ketones (excluding diaryl/α,β-unsaturated/α-hetero) is 1. The monoisotopic (exact) mass is 476 g/mol. The Balaban J connectivity index is 1.55. The second-order valence-corrected chi connectivity index (χ2v) is 9.30. The van der Waals surface area contributed by atoms with Crippen LogP contribution in [-0.2, 0) is 24.9 Å². The molecule has 5 rings (SSSR count). The van der Waals surface area contributed by atoms with Crippen LogP contribution >= 0.6 is 11.3 Å². The lowest BCUT2D eigenvalue weighted by Gasteiger charge is -2.16. The number of para-hydroxylation sites is 1. The van der Waals surface area contributed by atoms with Gasteiger partial charge >= 0.3 is 0 Å². The van der Waals surface area contributed by atoms with Crippen LogP contribution in [0.4, 0.5) is 11.4 Å². The Morgan fingerprint density at radius 2 is 2.06 bits per heavy atom. The van der Waals surface area contributed by atoms with Gasteiger partial charge in [0.05, 0.1) is 41.1 Å². The van der Waals surface area contributed by atoms with E-state index in [0.717, 1.165) is 45.2 Å². The average molecular weight is 477 g/mol. The average Bonchev–Trinajstić information content (AvgIpc) is 3.44. The summed E-state index contributed by atoms with van der Waals surface area (Å²) in [6, 6.07) is 7.61. The van der Waals surface area contributed by atoms with E-state index in [-0.39, 0.29) is 18.3 Å². The highest BCUT2D eigenvalue weighted by molar-refractivity contribution is 7.15. The Kier molecular flexibility index (Phi) is 6.08. The summed E-state index contributed by atoms with van der Waals surface area (Å²) in [7, 11) is 3.42. The van der Waals surface area contributed by atoms with Crippen LogP contribution in [0.15, 0.2) is 43.0 Å². The van der Waals surface area contributed by atoms with Crippen LogP contribution in [0.5, 0.6) is 5.75 Å². The fourth-order valence-electron chi connectivity index (χ4n) is 3.74. The Bertz CT molecular complexity index is 1340. The first-order valence-electron chi connectivity index (χ1n) is 10.9. The molecule has 2 N–H and O–H groups in total. The number of methoxy groups -OCH3 is 1. The number of nitrogens with one attached hydrogen (secondary N) is 1. The van der Waals surface area contributed by atoms with Gasteiger partial charge in [-0.2, -0.15) is 5.10 Å². The third-order valence-electron chi connectivity index (χ3n) is 5.62. The van der Waals surface area contributed by atoms with Gasteiger partial charge in [0, 0.05) is 37.5 Å². The molecule has 1 fully saturated rings. The molecule has 0 aliphatic heterocycles. The van der Waals surface area contributed by atoms with Crippen LogP contribution in [0.2, 0.25) is 0 Å². The molecule has 3 heterocycles. The van der Waals surface area contributed by atoms with Gasteiger partial charge in [0.1, 0.15) is 17.1 Å². The van der Waals surface area contributed by atoms with Gasteiger partial charge in [0.2, 0.25) is 0 Å². The number of aliphatic hydroxyl groups excluding tert-OH is 1. The predicted octanol–water partition coefficient (Wildman–Crippen LogP) is 3.77. The molecule has 0 radical (unpaired) electrons. The lowest BCUT2D eigenvalue weighted by molar-refractivity contribution is -0.119. The molecule has 174 valence electrons. The molecule has 1 aliphatic rings.